The molecule has 1 heterocycles. The Kier molecular flexibility index (Phi) is 6.26. The predicted molar refractivity (Wildman–Crippen MR) is 79.7 cm³/mol. The first-order valence-corrected chi connectivity index (χ1v) is 7.38. The van der Waals surface area contributed by atoms with Gasteiger partial charge in [-0.05, 0) is 39.2 Å². The Bertz CT molecular complexity index is 349. The standard InChI is InChI=1S/C14H28N4O2/c1-11(12(19)18-9-4-5-10-18)16-8-6-7-14(2,3)13(15)17-20/h11,16,20H,4-10H2,1-3H3,(H2,15,17). The van der Waals surface area contributed by atoms with E-state index in [1.807, 2.05) is 25.7 Å². The summed E-state index contributed by atoms with van der Waals surface area (Å²) in [5.41, 5.74) is 5.32. The third-order valence-electron chi connectivity index (χ3n) is 4.02. The van der Waals surface area contributed by atoms with Gasteiger partial charge in [-0.15, -0.1) is 0 Å². The Morgan fingerprint density at radius 1 is 1.45 bits per heavy atom. The summed E-state index contributed by atoms with van der Waals surface area (Å²) in [7, 11) is 0. The van der Waals surface area contributed by atoms with Crippen LogP contribution in [0.1, 0.15) is 46.5 Å². The molecule has 116 valence electrons. The molecule has 1 aliphatic heterocycles. The summed E-state index contributed by atoms with van der Waals surface area (Å²) in [6.45, 7) is 8.34. The summed E-state index contributed by atoms with van der Waals surface area (Å²) >= 11 is 0. The molecule has 1 fully saturated rings. The molecule has 1 unspecified atom stereocenters. The number of carbonyl (C=O) groups excluding carboxylic acids is 1. The van der Waals surface area contributed by atoms with E-state index in [1.165, 1.54) is 0 Å². The fraction of sp³-hybridized carbons (Fsp3) is 0.857. The molecule has 0 spiro atoms. The smallest absolute Gasteiger partial charge is 0.239 e. The molecular formula is C14H28N4O2. The third-order valence-corrected chi connectivity index (χ3v) is 4.02. The first-order valence-electron chi connectivity index (χ1n) is 7.38. The van der Waals surface area contributed by atoms with E-state index < -0.39 is 0 Å². The van der Waals surface area contributed by atoms with Crippen molar-refractivity contribution in [2.24, 2.45) is 16.3 Å². The van der Waals surface area contributed by atoms with Crippen LogP contribution < -0.4 is 11.1 Å². The predicted octanol–water partition coefficient (Wildman–Crippen LogP) is 1.14. The minimum absolute atomic E-state index is 0.139. The summed E-state index contributed by atoms with van der Waals surface area (Å²) < 4.78 is 0. The van der Waals surface area contributed by atoms with E-state index in [0.717, 1.165) is 45.3 Å². The van der Waals surface area contributed by atoms with Crippen molar-refractivity contribution in [3.63, 3.8) is 0 Å². The van der Waals surface area contributed by atoms with E-state index in [9.17, 15) is 4.79 Å². The van der Waals surface area contributed by atoms with E-state index in [0.29, 0.717) is 0 Å². The monoisotopic (exact) mass is 284 g/mol. The lowest BCUT2D eigenvalue weighted by Crippen LogP contribution is -2.44. The molecule has 0 aliphatic carbocycles. The van der Waals surface area contributed by atoms with Crippen LogP contribution in [0.5, 0.6) is 0 Å². The normalized spacial score (nSPS) is 18.4. The Balaban J connectivity index is 2.25. The molecule has 0 saturated carbocycles. The molecule has 4 N–H and O–H groups in total. The van der Waals surface area contributed by atoms with Gasteiger partial charge in [0.2, 0.25) is 5.91 Å². The Hall–Kier alpha value is -1.30. The summed E-state index contributed by atoms with van der Waals surface area (Å²) in [6.07, 6.45) is 3.92. The highest BCUT2D eigenvalue weighted by Gasteiger charge is 2.24. The van der Waals surface area contributed by atoms with Gasteiger partial charge < -0.3 is 21.2 Å². The van der Waals surface area contributed by atoms with Crippen molar-refractivity contribution in [3.8, 4) is 0 Å². The molecule has 0 aromatic carbocycles. The summed E-state index contributed by atoms with van der Waals surface area (Å²) in [4.78, 5) is 14.0. The fourth-order valence-corrected chi connectivity index (χ4v) is 2.41. The molecule has 0 radical (unpaired) electrons. The van der Waals surface area contributed by atoms with Crippen molar-refractivity contribution >= 4 is 11.7 Å². The van der Waals surface area contributed by atoms with Crippen LogP contribution in [0.3, 0.4) is 0 Å². The highest BCUT2D eigenvalue weighted by atomic mass is 16.4. The maximum Gasteiger partial charge on any atom is 0.239 e. The molecular weight excluding hydrogens is 256 g/mol. The molecule has 0 bridgehead atoms. The van der Waals surface area contributed by atoms with Crippen LogP contribution in [0, 0.1) is 5.41 Å². The lowest BCUT2D eigenvalue weighted by molar-refractivity contribution is -0.131. The van der Waals surface area contributed by atoms with E-state index >= 15 is 0 Å². The molecule has 1 atom stereocenters. The number of hydrogen-bond donors (Lipinski definition) is 3. The van der Waals surface area contributed by atoms with Crippen LogP contribution in [0.4, 0.5) is 0 Å². The molecule has 1 saturated heterocycles. The fourth-order valence-electron chi connectivity index (χ4n) is 2.41. The number of nitrogens with one attached hydrogen (secondary N) is 1. The number of oxime groups is 1. The SMILES string of the molecule is CC(NCCCC(C)(C)C(N)=NO)C(=O)N1CCCC1. The summed E-state index contributed by atoms with van der Waals surface area (Å²) in [5.74, 6) is 0.442. The highest BCUT2D eigenvalue weighted by Crippen LogP contribution is 2.22. The zero-order chi connectivity index (χ0) is 15.2. The van der Waals surface area contributed by atoms with Crippen molar-refractivity contribution < 1.29 is 10.0 Å². The van der Waals surface area contributed by atoms with Crippen molar-refractivity contribution in [1.82, 2.24) is 10.2 Å². The van der Waals surface area contributed by atoms with Crippen LogP contribution in [0.2, 0.25) is 0 Å². The first-order chi connectivity index (χ1) is 9.38. The summed E-state index contributed by atoms with van der Waals surface area (Å²) in [5, 5.41) is 15.0. The molecule has 1 amide bonds. The number of carbonyl (C=O) groups is 1. The van der Waals surface area contributed by atoms with Crippen molar-refractivity contribution in [1.29, 1.82) is 0 Å². The largest absolute Gasteiger partial charge is 0.409 e. The average molecular weight is 284 g/mol. The lowest BCUT2D eigenvalue weighted by Gasteiger charge is -2.24. The number of likely N-dealkylation sites (tertiary alicyclic amines) is 1. The van der Waals surface area contributed by atoms with Gasteiger partial charge in [0.15, 0.2) is 0 Å². The minimum atomic E-state index is -0.321. The number of hydrogen-bond acceptors (Lipinski definition) is 4. The first kappa shape index (κ1) is 16.8. The molecule has 6 heteroatoms. The van der Waals surface area contributed by atoms with Gasteiger partial charge in [-0.1, -0.05) is 19.0 Å². The van der Waals surface area contributed by atoms with Gasteiger partial charge in [0.05, 0.1) is 6.04 Å². The van der Waals surface area contributed by atoms with Gasteiger partial charge in [0, 0.05) is 18.5 Å². The maximum absolute atomic E-state index is 12.1. The molecule has 1 aliphatic rings. The molecule has 6 nitrogen and oxygen atoms in total. The van der Waals surface area contributed by atoms with Gasteiger partial charge in [-0.2, -0.15) is 0 Å². The van der Waals surface area contributed by atoms with Crippen LogP contribution in [0.25, 0.3) is 0 Å². The van der Waals surface area contributed by atoms with Crippen LogP contribution in [-0.2, 0) is 4.79 Å². The Morgan fingerprint density at radius 3 is 2.60 bits per heavy atom. The molecule has 0 aromatic heterocycles. The Morgan fingerprint density at radius 2 is 2.05 bits per heavy atom. The lowest BCUT2D eigenvalue weighted by atomic mass is 9.86. The van der Waals surface area contributed by atoms with Gasteiger partial charge in [0.25, 0.3) is 0 Å². The second-order valence-electron chi connectivity index (χ2n) is 6.18. The second kappa shape index (κ2) is 7.47. The van der Waals surface area contributed by atoms with Gasteiger partial charge in [-0.25, -0.2) is 0 Å². The summed E-state index contributed by atoms with van der Waals surface area (Å²) in [6, 6.07) is -0.139. The number of nitrogens with two attached hydrogens (primary N) is 1. The Labute approximate surface area is 121 Å². The van der Waals surface area contributed by atoms with Crippen LogP contribution >= 0.6 is 0 Å². The van der Waals surface area contributed by atoms with Crippen LogP contribution in [-0.4, -0.2) is 47.5 Å². The highest BCUT2D eigenvalue weighted by molar-refractivity contribution is 5.85. The van der Waals surface area contributed by atoms with E-state index in [2.05, 4.69) is 10.5 Å². The van der Waals surface area contributed by atoms with Gasteiger partial charge in [0.1, 0.15) is 5.84 Å². The number of nitrogens with zero attached hydrogens (tertiary/aromatic N) is 2. The quantitative estimate of drug-likeness (QED) is 0.215. The average Bonchev–Trinajstić information content (AvgIpc) is 2.95. The topological polar surface area (TPSA) is 91.0 Å². The number of rotatable bonds is 7. The zero-order valence-electron chi connectivity index (χ0n) is 12.9. The van der Waals surface area contributed by atoms with E-state index in [-0.39, 0.29) is 23.2 Å². The van der Waals surface area contributed by atoms with E-state index in [1.54, 1.807) is 0 Å². The maximum atomic E-state index is 12.1. The minimum Gasteiger partial charge on any atom is -0.409 e. The van der Waals surface area contributed by atoms with Gasteiger partial charge in [-0.3, -0.25) is 4.79 Å². The van der Waals surface area contributed by atoms with E-state index in [4.69, 9.17) is 10.9 Å². The van der Waals surface area contributed by atoms with Crippen molar-refractivity contribution in [2.45, 2.75) is 52.5 Å². The second-order valence-corrected chi connectivity index (χ2v) is 6.18. The zero-order valence-corrected chi connectivity index (χ0v) is 12.9. The number of amides is 1. The van der Waals surface area contributed by atoms with Gasteiger partial charge >= 0.3 is 0 Å². The van der Waals surface area contributed by atoms with Crippen molar-refractivity contribution in [3.05, 3.63) is 0 Å². The molecule has 1 rings (SSSR count). The molecule has 20 heavy (non-hydrogen) atoms. The van der Waals surface area contributed by atoms with Crippen LogP contribution in [0.15, 0.2) is 5.16 Å². The number of amidine groups is 1. The van der Waals surface area contributed by atoms with Crippen molar-refractivity contribution in [2.75, 3.05) is 19.6 Å². The molecule has 0 aromatic rings. The third kappa shape index (κ3) is 4.67.